The summed E-state index contributed by atoms with van der Waals surface area (Å²) in [7, 11) is 1.54. The van der Waals surface area contributed by atoms with Crippen LogP contribution in [0.1, 0.15) is 43.6 Å². The maximum atomic E-state index is 13.3. The van der Waals surface area contributed by atoms with E-state index in [9.17, 15) is 14.4 Å². The van der Waals surface area contributed by atoms with Gasteiger partial charge in [-0.25, -0.2) is 0 Å². The molecule has 0 spiro atoms. The molecule has 35 heavy (non-hydrogen) atoms. The van der Waals surface area contributed by atoms with Crippen LogP contribution < -0.4 is 15.6 Å². The molecule has 8 nitrogen and oxygen atoms in total. The quantitative estimate of drug-likeness (QED) is 0.390. The summed E-state index contributed by atoms with van der Waals surface area (Å²) < 4.78 is 5.09. The van der Waals surface area contributed by atoms with Crippen molar-refractivity contribution in [3.05, 3.63) is 101 Å². The molecule has 5 rings (SSSR count). The molecule has 0 fully saturated rings. The molecule has 1 aliphatic heterocycles. The summed E-state index contributed by atoms with van der Waals surface area (Å²) in [5.74, 6) is -0.584. The average Bonchev–Trinajstić information content (AvgIpc) is 3.35. The number of carbonyl (C=O) groups is 3. The Morgan fingerprint density at radius 1 is 0.971 bits per heavy atom. The zero-order valence-electron chi connectivity index (χ0n) is 19.3. The van der Waals surface area contributed by atoms with Crippen LogP contribution in [0.3, 0.4) is 0 Å². The fourth-order valence-electron chi connectivity index (χ4n) is 4.63. The summed E-state index contributed by atoms with van der Waals surface area (Å²) in [6.45, 7) is 1.74. The van der Waals surface area contributed by atoms with Gasteiger partial charge >= 0.3 is 0 Å². The third-order valence-electron chi connectivity index (χ3n) is 6.26. The normalized spacial score (nSPS) is 14.6. The van der Waals surface area contributed by atoms with Crippen LogP contribution in [0.5, 0.6) is 5.75 Å². The van der Waals surface area contributed by atoms with Crippen LogP contribution >= 0.6 is 0 Å². The van der Waals surface area contributed by atoms with E-state index in [0.29, 0.717) is 16.9 Å². The lowest BCUT2D eigenvalue weighted by Crippen LogP contribution is -2.47. The van der Waals surface area contributed by atoms with Gasteiger partial charge < -0.3 is 14.6 Å². The van der Waals surface area contributed by atoms with Crippen molar-refractivity contribution >= 4 is 28.6 Å². The standard InChI is InChI=1S/C27H24N4O4/c1-16-24(21-9-5-6-10-22(21)28-16)25-19-7-3-4-8-20(19)27(34)31(25)15-23(32)29-30-26(33)17-11-13-18(35-2)14-12-17/h3-14,25,28H,15H2,1-2H3,(H,29,32)(H,30,33)/t25-/m0/s1. The van der Waals surface area contributed by atoms with Gasteiger partial charge in [0.1, 0.15) is 12.3 Å². The molecule has 0 aliphatic carbocycles. The molecule has 0 radical (unpaired) electrons. The number of ether oxygens (including phenoxy) is 1. The zero-order valence-corrected chi connectivity index (χ0v) is 19.3. The second-order valence-corrected chi connectivity index (χ2v) is 8.36. The third kappa shape index (κ3) is 3.99. The fraction of sp³-hybridized carbons (Fsp3) is 0.148. The van der Waals surface area contributed by atoms with Crippen molar-refractivity contribution in [2.24, 2.45) is 0 Å². The SMILES string of the molecule is COc1ccc(C(=O)NNC(=O)CN2C(=O)c3ccccc3[C@H]2c2c(C)[nH]c3ccccc23)cc1. The lowest BCUT2D eigenvalue weighted by molar-refractivity contribution is -0.122. The number of aromatic nitrogens is 1. The zero-order chi connectivity index (χ0) is 24.5. The number of rotatable bonds is 5. The number of amides is 3. The molecule has 8 heteroatoms. The first-order valence-electron chi connectivity index (χ1n) is 11.2. The van der Waals surface area contributed by atoms with Crippen LogP contribution in [0.25, 0.3) is 10.9 Å². The minimum atomic E-state index is -0.504. The number of hydrogen-bond donors (Lipinski definition) is 3. The number of methoxy groups -OCH3 is 1. The first-order chi connectivity index (χ1) is 17.0. The lowest BCUT2D eigenvalue weighted by Gasteiger charge is -2.25. The third-order valence-corrected chi connectivity index (χ3v) is 6.26. The topological polar surface area (TPSA) is 104 Å². The van der Waals surface area contributed by atoms with Gasteiger partial charge in [0.2, 0.25) is 0 Å². The monoisotopic (exact) mass is 468 g/mol. The van der Waals surface area contributed by atoms with E-state index in [0.717, 1.165) is 27.7 Å². The second kappa shape index (κ2) is 8.98. The van der Waals surface area contributed by atoms with Gasteiger partial charge in [0.05, 0.1) is 13.2 Å². The first kappa shape index (κ1) is 22.2. The number of aromatic amines is 1. The maximum Gasteiger partial charge on any atom is 0.269 e. The van der Waals surface area contributed by atoms with Crippen LogP contribution in [0, 0.1) is 6.92 Å². The summed E-state index contributed by atoms with van der Waals surface area (Å²) in [5, 5.41) is 0.998. The molecule has 2 heterocycles. The van der Waals surface area contributed by atoms with Gasteiger partial charge in [-0.15, -0.1) is 0 Å². The highest BCUT2D eigenvalue weighted by molar-refractivity contribution is 6.03. The van der Waals surface area contributed by atoms with Crippen LogP contribution in [0.15, 0.2) is 72.8 Å². The first-order valence-corrected chi connectivity index (χ1v) is 11.2. The molecule has 3 amide bonds. The number of aryl methyl sites for hydroxylation is 1. The minimum Gasteiger partial charge on any atom is -0.497 e. The van der Waals surface area contributed by atoms with E-state index >= 15 is 0 Å². The molecule has 176 valence electrons. The molecule has 3 aromatic carbocycles. The molecule has 1 atom stereocenters. The van der Waals surface area contributed by atoms with E-state index in [1.54, 1.807) is 35.2 Å². The summed E-state index contributed by atoms with van der Waals surface area (Å²) in [6, 6.07) is 21.4. The van der Waals surface area contributed by atoms with E-state index in [1.165, 1.54) is 7.11 Å². The van der Waals surface area contributed by atoms with Gasteiger partial charge in [-0.2, -0.15) is 0 Å². The van der Waals surface area contributed by atoms with Gasteiger partial charge in [-0.1, -0.05) is 36.4 Å². The largest absolute Gasteiger partial charge is 0.497 e. The number of benzene rings is 3. The number of hydrogen-bond acceptors (Lipinski definition) is 4. The number of hydrazine groups is 1. The molecular formula is C27H24N4O4. The summed E-state index contributed by atoms with van der Waals surface area (Å²) in [4.78, 5) is 43.5. The highest BCUT2D eigenvalue weighted by Gasteiger charge is 2.40. The predicted molar refractivity (Wildman–Crippen MR) is 131 cm³/mol. The van der Waals surface area contributed by atoms with Crippen molar-refractivity contribution in [2.45, 2.75) is 13.0 Å². The Labute approximate surface area is 201 Å². The van der Waals surface area contributed by atoms with Crippen molar-refractivity contribution in [1.29, 1.82) is 0 Å². The molecule has 1 aliphatic rings. The van der Waals surface area contributed by atoms with Crippen molar-refractivity contribution in [3.8, 4) is 5.75 Å². The number of nitrogens with one attached hydrogen (secondary N) is 3. The second-order valence-electron chi connectivity index (χ2n) is 8.36. The number of fused-ring (bicyclic) bond motifs is 2. The Hall–Kier alpha value is -4.59. The molecule has 0 bridgehead atoms. The summed E-state index contributed by atoms with van der Waals surface area (Å²) in [6.07, 6.45) is 0. The van der Waals surface area contributed by atoms with E-state index in [4.69, 9.17) is 4.74 Å². The Kier molecular flexibility index (Phi) is 5.70. The fourth-order valence-corrected chi connectivity index (χ4v) is 4.63. The Bertz CT molecular complexity index is 1440. The van der Waals surface area contributed by atoms with Gasteiger partial charge in [-0.3, -0.25) is 25.2 Å². The van der Waals surface area contributed by atoms with Crippen molar-refractivity contribution in [1.82, 2.24) is 20.7 Å². The predicted octanol–water partition coefficient (Wildman–Crippen LogP) is 3.49. The summed E-state index contributed by atoms with van der Waals surface area (Å²) in [5.41, 5.74) is 9.47. The minimum absolute atomic E-state index is 0.222. The smallest absolute Gasteiger partial charge is 0.269 e. The summed E-state index contributed by atoms with van der Waals surface area (Å²) >= 11 is 0. The van der Waals surface area contributed by atoms with Crippen molar-refractivity contribution in [3.63, 3.8) is 0 Å². The van der Waals surface area contributed by atoms with Gasteiger partial charge in [0.25, 0.3) is 17.7 Å². The van der Waals surface area contributed by atoms with Crippen molar-refractivity contribution in [2.75, 3.05) is 13.7 Å². The van der Waals surface area contributed by atoms with Gasteiger partial charge in [-0.05, 0) is 48.9 Å². The van der Waals surface area contributed by atoms with Crippen LogP contribution in [-0.2, 0) is 4.79 Å². The number of H-pyrrole nitrogens is 1. The maximum absolute atomic E-state index is 13.3. The van der Waals surface area contributed by atoms with Crippen LogP contribution in [0.4, 0.5) is 0 Å². The molecule has 4 aromatic rings. The van der Waals surface area contributed by atoms with Crippen molar-refractivity contribution < 1.29 is 19.1 Å². The lowest BCUT2D eigenvalue weighted by atomic mass is 9.95. The number of para-hydroxylation sites is 1. The van der Waals surface area contributed by atoms with Gasteiger partial charge in [0, 0.05) is 33.3 Å². The highest BCUT2D eigenvalue weighted by atomic mass is 16.5. The van der Waals surface area contributed by atoms with Crippen LogP contribution in [0.2, 0.25) is 0 Å². The number of nitrogens with zero attached hydrogens (tertiary/aromatic N) is 1. The Balaban J connectivity index is 1.39. The molecular weight excluding hydrogens is 444 g/mol. The highest BCUT2D eigenvalue weighted by Crippen LogP contribution is 2.42. The molecule has 0 saturated carbocycles. The number of carbonyl (C=O) groups excluding carboxylic acids is 3. The van der Waals surface area contributed by atoms with Crippen LogP contribution in [-0.4, -0.2) is 41.3 Å². The Morgan fingerprint density at radius 3 is 2.46 bits per heavy atom. The molecule has 1 aromatic heterocycles. The van der Waals surface area contributed by atoms with E-state index in [-0.39, 0.29) is 12.5 Å². The average molecular weight is 469 g/mol. The van der Waals surface area contributed by atoms with E-state index in [1.807, 2.05) is 49.4 Å². The van der Waals surface area contributed by atoms with Gasteiger partial charge in [0.15, 0.2) is 0 Å². The van der Waals surface area contributed by atoms with E-state index in [2.05, 4.69) is 15.8 Å². The molecule has 0 unspecified atom stereocenters. The molecule has 0 saturated heterocycles. The van der Waals surface area contributed by atoms with E-state index < -0.39 is 17.9 Å². The molecule has 3 N–H and O–H groups in total. The Morgan fingerprint density at radius 2 is 1.69 bits per heavy atom.